The van der Waals surface area contributed by atoms with Crippen LogP contribution in [-0.2, 0) is 14.8 Å². The number of aryl methyl sites for hydroxylation is 1. The van der Waals surface area contributed by atoms with Crippen LogP contribution in [0.3, 0.4) is 0 Å². The maximum atomic E-state index is 12.9. The lowest BCUT2D eigenvalue weighted by atomic mass is 9.97. The number of nitrogens with zero attached hydrogens (tertiary/aromatic N) is 2. The Morgan fingerprint density at radius 2 is 1.45 bits per heavy atom. The first-order valence-corrected chi connectivity index (χ1v) is 13.1. The van der Waals surface area contributed by atoms with Gasteiger partial charge in [-0.25, -0.2) is 8.42 Å². The van der Waals surface area contributed by atoms with E-state index in [9.17, 15) is 18.0 Å². The van der Waals surface area contributed by atoms with E-state index in [1.165, 1.54) is 10.7 Å². The van der Waals surface area contributed by atoms with Crippen molar-refractivity contribution in [3.63, 3.8) is 0 Å². The Morgan fingerprint density at radius 3 is 2.06 bits per heavy atom. The van der Waals surface area contributed by atoms with Gasteiger partial charge in [-0.3, -0.25) is 9.59 Å². The summed E-state index contributed by atoms with van der Waals surface area (Å²) in [6.07, 6.45) is 4.21. The van der Waals surface area contributed by atoms with Gasteiger partial charge >= 0.3 is 0 Å². The molecule has 8 heteroatoms. The van der Waals surface area contributed by atoms with E-state index < -0.39 is 10.0 Å². The summed E-state index contributed by atoms with van der Waals surface area (Å²) in [4.78, 5) is 27.5. The van der Waals surface area contributed by atoms with Crippen molar-refractivity contribution in [1.82, 2.24) is 9.21 Å². The Bertz CT molecular complexity index is 1080. The van der Waals surface area contributed by atoms with Gasteiger partial charge < -0.3 is 10.2 Å². The number of amides is 2. The summed E-state index contributed by atoms with van der Waals surface area (Å²) < 4.78 is 27.2. The van der Waals surface area contributed by atoms with Crippen molar-refractivity contribution in [3.8, 4) is 0 Å². The van der Waals surface area contributed by atoms with E-state index in [-0.39, 0.29) is 22.6 Å². The molecule has 2 aromatic carbocycles. The number of hydrogen-bond donors (Lipinski definition) is 1. The zero-order valence-corrected chi connectivity index (χ0v) is 19.8. The van der Waals surface area contributed by atoms with Crippen LogP contribution in [0.5, 0.6) is 0 Å². The van der Waals surface area contributed by atoms with E-state index >= 15 is 0 Å². The van der Waals surface area contributed by atoms with Crippen LogP contribution in [0, 0.1) is 12.8 Å². The van der Waals surface area contributed by atoms with E-state index in [0.29, 0.717) is 37.2 Å². The first kappa shape index (κ1) is 23.4. The molecule has 2 fully saturated rings. The Morgan fingerprint density at radius 1 is 0.848 bits per heavy atom. The van der Waals surface area contributed by atoms with Gasteiger partial charge in [0.15, 0.2) is 0 Å². The van der Waals surface area contributed by atoms with Crippen LogP contribution in [0.15, 0.2) is 53.4 Å². The molecule has 4 rings (SSSR count). The van der Waals surface area contributed by atoms with E-state index in [4.69, 9.17) is 0 Å². The maximum absolute atomic E-state index is 12.9. The molecule has 0 saturated carbocycles. The Balaban J connectivity index is 1.31. The number of sulfonamides is 1. The molecule has 2 aliphatic heterocycles. The summed E-state index contributed by atoms with van der Waals surface area (Å²) in [5, 5.41) is 2.92. The van der Waals surface area contributed by atoms with Crippen molar-refractivity contribution in [3.05, 3.63) is 59.7 Å². The smallest absolute Gasteiger partial charge is 0.253 e. The fourth-order valence-electron chi connectivity index (χ4n) is 4.44. The fourth-order valence-corrected chi connectivity index (χ4v) is 5.91. The van der Waals surface area contributed by atoms with Crippen molar-refractivity contribution in [2.75, 3.05) is 31.5 Å². The molecule has 2 aromatic rings. The molecule has 176 valence electrons. The monoisotopic (exact) mass is 469 g/mol. The number of carbonyl (C=O) groups is 2. The fraction of sp³-hybridized carbons (Fsp3) is 0.440. The van der Waals surface area contributed by atoms with Gasteiger partial charge in [0.05, 0.1) is 4.90 Å². The number of likely N-dealkylation sites (tertiary alicyclic amines) is 1. The molecule has 2 amide bonds. The molecule has 0 bridgehead atoms. The maximum Gasteiger partial charge on any atom is 0.253 e. The molecule has 2 heterocycles. The lowest BCUT2D eigenvalue weighted by molar-refractivity contribution is -0.120. The van der Waals surface area contributed by atoms with E-state index in [2.05, 4.69) is 5.32 Å². The zero-order chi connectivity index (χ0) is 23.4. The second kappa shape index (κ2) is 10.1. The van der Waals surface area contributed by atoms with E-state index in [1.54, 1.807) is 48.5 Å². The van der Waals surface area contributed by atoms with Crippen molar-refractivity contribution in [2.24, 2.45) is 5.92 Å². The standard InChI is InChI=1S/C25H31N3O4S/c1-19-5-11-23(12-6-19)33(31,32)28-17-13-20(14-18-28)24(29)26-22-9-7-21(8-10-22)25(30)27-15-3-2-4-16-27/h5-12,20H,2-4,13-18H2,1H3,(H,26,29). The third-order valence-corrected chi connectivity index (χ3v) is 8.44. The number of piperidine rings is 2. The van der Waals surface area contributed by atoms with Crippen LogP contribution in [0.4, 0.5) is 5.69 Å². The highest BCUT2D eigenvalue weighted by Crippen LogP contribution is 2.25. The van der Waals surface area contributed by atoms with Gasteiger partial charge in [-0.15, -0.1) is 0 Å². The molecule has 0 spiro atoms. The molecule has 0 radical (unpaired) electrons. The first-order valence-electron chi connectivity index (χ1n) is 11.6. The number of hydrogen-bond acceptors (Lipinski definition) is 4. The third kappa shape index (κ3) is 5.45. The summed E-state index contributed by atoms with van der Waals surface area (Å²) in [6, 6.07) is 13.9. The normalized spacial score (nSPS) is 18.2. The van der Waals surface area contributed by atoms with E-state index in [0.717, 1.165) is 31.5 Å². The van der Waals surface area contributed by atoms with E-state index in [1.807, 2.05) is 11.8 Å². The molecular weight excluding hydrogens is 438 g/mol. The number of nitrogens with one attached hydrogen (secondary N) is 1. The molecule has 33 heavy (non-hydrogen) atoms. The lowest BCUT2D eigenvalue weighted by Gasteiger charge is -2.30. The summed E-state index contributed by atoms with van der Waals surface area (Å²) >= 11 is 0. The summed E-state index contributed by atoms with van der Waals surface area (Å²) in [5.74, 6) is -0.323. The quantitative estimate of drug-likeness (QED) is 0.724. The molecule has 1 N–H and O–H groups in total. The van der Waals surface area contributed by atoms with Crippen molar-refractivity contribution in [1.29, 1.82) is 0 Å². The third-order valence-electron chi connectivity index (χ3n) is 6.53. The molecular formula is C25H31N3O4S. The van der Waals surface area contributed by atoms with Gasteiger partial charge in [-0.05, 0) is 75.4 Å². The molecule has 7 nitrogen and oxygen atoms in total. The summed E-state index contributed by atoms with van der Waals surface area (Å²) in [5.41, 5.74) is 2.28. The average molecular weight is 470 g/mol. The number of carbonyl (C=O) groups excluding carboxylic acids is 2. The zero-order valence-electron chi connectivity index (χ0n) is 19.0. The highest BCUT2D eigenvalue weighted by Gasteiger charge is 2.32. The van der Waals surface area contributed by atoms with Crippen LogP contribution >= 0.6 is 0 Å². The molecule has 2 saturated heterocycles. The Hall–Kier alpha value is -2.71. The largest absolute Gasteiger partial charge is 0.339 e. The second-order valence-corrected chi connectivity index (χ2v) is 10.8. The average Bonchev–Trinajstić information content (AvgIpc) is 2.85. The molecule has 0 aliphatic carbocycles. The highest BCUT2D eigenvalue weighted by molar-refractivity contribution is 7.89. The topological polar surface area (TPSA) is 86.8 Å². The van der Waals surface area contributed by atoms with Crippen LogP contribution in [0.2, 0.25) is 0 Å². The Kier molecular flexibility index (Phi) is 7.14. The number of rotatable bonds is 5. The molecule has 2 aliphatic rings. The van der Waals surface area contributed by atoms with Crippen LogP contribution in [0.1, 0.15) is 48.0 Å². The van der Waals surface area contributed by atoms with Crippen LogP contribution in [0.25, 0.3) is 0 Å². The van der Waals surface area contributed by atoms with Crippen molar-refractivity contribution >= 4 is 27.5 Å². The van der Waals surface area contributed by atoms with Crippen LogP contribution < -0.4 is 5.32 Å². The minimum Gasteiger partial charge on any atom is -0.339 e. The minimum atomic E-state index is -3.54. The molecule has 0 atom stereocenters. The predicted octanol–water partition coefficient (Wildman–Crippen LogP) is 3.66. The summed E-state index contributed by atoms with van der Waals surface area (Å²) in [6.45, 7) is 4.15. The van der Waals surface area contributed by atoms with Gasteiger partial charge in [-0.1, -0.05) is 17.7 Å². The SMILES string of the molecule is Cc1ccc(S(=O)(=O)N2CCC(C(=O)Nc3ccc(C(=O)N4CCCCC4)cc3)CC2)cc1. The van der Waals surface area contributed by atoms with Gasteiger partial charge in [-0.2, -0.15) is 4.31 Å². The predicted molar refractivity (Wildman–Crippen MR) is 127 cm³/mol. The Labute approximate surface area is 195 Å². The van der Waals surface area contributed by atoms with Crippen molar-refractivity contribution in [2.45, 2.75) is 43.9 Å². The summed E-state index contributed by atoms with van der Waals surface area (Å²) in [7, 11) is -3.54. The van der Waals surface area contributed by atoms with Gasteiger partial charge in [0, 0.05) is 43.3 Å². The molecule has 0 aromatic heterocycles. The van der Waals surface area contributed by atoms with Gasteiger partial charge in [0.2, 0.25) is 15.9 Å². The van der Waals surface area contributed by atoms with Gasteiger partial charge in [0.1, 0.15) is 0 Å². The van der Waals surface area contributed by atoms with Crippen LogP contribution in [-0.4, -0.2) is 55.6 Å². The second-order valence-electron chi connectivity index (χ2n) is 8.91. The number of anilines is 1. The van der Waals surface area contributed by atoms with Gasteiger partial charge in [0.25, 0.3) is 5.91 Å². The highest BCUT2D eigenvalue weighted by atomic mass is 32.2. The first-order chi connectivity index (χ1) is 15.8. The number of benzene rings is 2. The minimum absolute atomic E-state index is 0.0368. The molecule has 0 unspecified atom stereocenters. The van der Waals surface area contributed by atoms with Crippen molar-refractivity contribution < 1.29 is 18.0 Å². The lowest BCUT2D eigenvalue weighted by Crippen LogP contribution is -2.41.